The van der Waals surface area contributed by atoms with Gasteiger partial charge in [0.05, 0.1) is 11.5 Å². The Hall–Kier alpha value is -1.37. The molecule has 0 spiro atoms. The van der Waals surface area contributed by atoms with Gasteiger partial charge in [-0.2, -0.15) is 0 Å². The molecule has 0 amide bonds. The fraction of sp³-hybridized carbons (Fsp3) is 0.636. The number of nitrogens with zero attached hydrogens (tertiary/aromatic N) is 3. The summed E-state index contributed by atoms with van der Waals surface area (Å²) in [6.45, 7) is 3.35. The highest BCUT2D eigenvalue weighted by atomic mass is 32.2. The zero-order valence-corrected chi connectivity index (χ0v) is 11.2. The zero-order valence-electron chi connectivity index (χ0n) is 10.4. The van der Waals surface area contributed by atoms with Crippen molar-refractivity contribution in [3.63, 3.8) is 0 Å². The lowest BCUT2D eigenvalue weighted by molar-refractivity contribution is 0.584. The second kappa shape index (κ2) is 5.09. The van der Waals surface area contributed by atoms with Crippen LogP contribution in [0.3, 0.4) is 0 Å². The maximum absolute atomic E-state index is 12.1. The van der Waals surface area contributed by atoms with Crippen LogP contribution in [0.4, 0.5) is 5.82 Å². The zero-order chi connectivity index (χ0) is 13.2. The van der Waals surface area contributed by atoms with Gasteiger partial charge in [-0.25, -0.2) is 13.4 Å². The van der Waals surface area contributed by atoms with Gasteiger partial charge in [0.25, 0.3) is 5.56 Å². The van der Waals surface area contributed by atoms with E-state index >= 15 is 0 Å². The summed E-state index contributed by atoms with van der Waals surface area (Å²) in [5.41, 5.74) is -0.140. The molecule has 0 aliphatic carbocycles. The van der Waals surface area contributed by atoms with Crippen LogP contribution in [0.2, 0.25) is 0 Å². The van der Waals surface area contributed by atoms with Gasteiger partial charge in [-0.15, -0.1) is 0 Å². The van der Waals surface area contributed by atoms with Crippen molar-refractivity contribution in [3.05, 3.63) is 22.7 Å². The molecule has 2 rings (SSSR count). The van der Waals surface area contributed by atoms with Gasteiger partial charge in [0.1, 0.15) is 0 Å². The highest BCUT2D eigenvalue weighted by Gasteiger charge is 2.24. The van der Waals surface area contributed by atoms with Crippen LogP contribution in [-0.2, 0) is 16.4 Å². The van der Waals surface area contributed by atoms with Crippen molar-refractivity contribution in [1.29, 1.82) is 0 Å². The lowest BCUT2D eigenvalue weighted by Gasteiger charge is -2.27. The molecular weight excluding hydrogens is 254 g/mol. The fourth-order valence-corrected chi connectivity index (χ4v) is 3.20. The van der Waals surface area contributed by atoms with E-state index < -0.39 is 9.84 Å². The van der Waals surface area contributed by atoms with Crippen LogP contribution in [0.5, 0.6) is 0 Å². The van der Waals surface area contributed by atoms with E-state index in [-0.39, 0.29) is 17.1 Å². The Morgan fingerprint density at radius 1 is 1.33 bits per heavy atom. The van der Waals surface area contributed by atoms with E-state index in [1.807, 2.05) is 6.92 Å². The number of anilines is 1. The molecule has 1 aromatic heterocycles. The van der Waals surface area contributed by atoms with E-state index in [0.717, 1.165) is 6.42 Å². The predicted octanol–water partition coefficient (Wildman–Crippen LogP) is -0.112. The minimum atomic E-state index is -2.94. The average molecular weight is 271 g/mol. The summed E-state index contributed by atoms with van der Waals surface area (Å²) in [6, 6.07) is 0. The first-order valence-corrected chi connectivity index (χ1v) is 7.86. The molecule has 7 heteroatoms. The number of aryl methyl sites for hydroxylation is 1. The second-order valence-corrected chi connectivity index (χ2v) is 6.69. The molecule has 2 heterocycles. The molecule has 1 fully saturated rings. The van der Waals surface area contributed by atoms with E-state index in [4.69, 9.17) is 0 Å². The van der Waals surface area contributed by atoms with Gasteiger partial charge in [-0.05, 0) is 6.42 Å². The molecule has 1 aliphatic rings. The van der Waals surface area contributed by atoms with Crippen molar-refractivity contribution in [1.82, 2.24) is 9.55 Å². The minimum Gasteiger partial charge on any atom is -0.350 e. The van der Waals surface area contributed by atoms with E-state index in [0.29, 0.717) is 25.5 Å². The fourth-order valence-electron chi connectivity index (χ4n) is 1.99. The average Bonchev–Trinajstić information content (AvgIpc) is 2.33. The Labute approximate surface area is 106 Å². The third-order valence-corrected chi connectivity index (χ3v) is 4.61. The number of sulfone groups is 1. The highest BCUT2D eigenvalue weighted by Crippen LogP contribution is 2.09. The molecule has 0 unspecified atom stereocenters. The molecule has 0 atom stereocenters. The molecule has 1 saturated heterocycles. The first-order chi connectivity index (χ1) is 8.53. The van der Waals surface area contributed by atoms with Gasteiger partial charge >= 0.3 is 0 Å². The monoisotopic (exact) mass is 271 g/mol. The van der Waals surface area contributed by atoms with E-state index in [1.165, 1.54) is 0 Å². The van der Waals surface area contributed by atoms with Crippen molar-refractivity contribution in [2.75, 3.05) is 29.5 Å². The first-order valence-electron chi connectivity index (χ1n) is 6.04. The van der Waals surface area contributed by atoms with Crippen molar-refractivity contribution >= 4 is 15.7 Å². The van der Waals surface area contributed by atoms with E-state index in [2.05, 4.69) is 4.98 Å². The summed E-state index contributed by atoms with van der Waals surface area (Å²) >= 11 is 0. The Morgan fingerprint density at radius 3 is 2.61 bits per heavy atom. The van der Waals surface area contributed by atoms with E-state index in [1.54, 1.807) is 21.9 Å². The topological polar surface area (TPSA) is 72.3 Å². The third kappa shape index (κ3) is 2.72. The Bertz CT molecular complexity index is 565. The van der Waals surface area contributed by atoms with Crippen LogP contribution in [0.1, 0.15) is 13.3 Å². The molecule has 0 N–H and O–H groups in total. The molecule has 0 aromatic carbocycles. The van der Waals surface area contributed by atoms with Crippen LogP contribution in [0.15, 0.2) is 17.2 Å². The summed E-state index contributed by atoms with van der Waals surface area (Å²) in [4.78, 5) is 18.0. The van der Waals surface area contributed by atoms with Crippen molar-refractivity contribution in [2.24, 2.45) is 0 Å². The Balaban J connectivity index is 2.24. The molecule has 1 aliphatic heterocycles. The summed E-state index contributed by atoms with van der Waals surface area (Å²) < 4.78 is 24.3. The van der Waals surface area contributed by atoms with Crippen LogP contribution in [0, 0.1) is 0 Å². The Morgan fingerprint density at radius 2 is 2.00 bits per heavy atom. The number of rotatable bonds is 3. The quantitative estimate of drug-likeness (QED) is 0.767. The summed E-state index contributed by atoms with van der Waals surface area (Å²) in [6.07, 6.45) is 4.13. The molecule has 100 valence electrons. The maximum Gasteiger partial charge on any atom is 0.293 e. The number of aromatic nitrogens is 2. The molecule has 0 radical (unpaired) electrons. The van der Waals surface area contributed by atoms with Crippen LogP contribution in [0.25, 0.3) is 0 Å². The van der Waals surface area contributed by atoms with Gasteiger partial charge in [-0.3, -0.25) is 4.79 Å². The summed E-state index contributed by atoms with van der Waals surface area (Å²) in [7, 11) is -2.94. The normalized spacial score (nSPS) is 18.8. The lowest BCUT2D eigenvalue weighted by atomic mass is 10.4. The minimum absolute atomic E-state index is 0.0940. The predicted molar refractivity (Wildman–Crippen MR) is 69.7 cm³/mol. The van der Waals surface area contributed by atoms with Crippen LogP contribution in [-0.4, -0.2) is 42.6 Å². The molecule has 0 bridgehead atoms. The van der Waals surface area contributed by atoms with Crippen LogP contribution < -0.4 is 10.5 Å². The van der Waals surface area contributed by atoms with Gasteiger partial charge in [0, 0.05) is 32.0 Å². The highest BCUT2D eigenvalue weighted by molar-refractivity contribution is 7.91. The molecule has 1 aromatic rings. The third-order valence-electron chi connectivity index (χ3n) is 3.00. The number of hydrogen-bond donors (Lipinski definition) is 0. The molecule has 18 heavy (non-hydrogen) atoms. The van der Waals surface area contributed by atoms with Gasteiger partial charge in [0.2, 0.25) is 0 Å². The summed E-state index contributed by atoms with van der Waals surface area (Å²) in [5.74, 6) is 0.550. The molecule has 6 nitrogen and oxygen atoms in total. The standard InChI is InChI=1S/C11H17N3O3S/c1-2-4-14-5-3-12-10(11(14)15)13-6-8-18(16,17)9-7-13/h3,5H,2,4,6-9H2,1H3. The van der Waals surface area contributed by atoms with E-state index in [9.17, 15) is 13.2 Å². The number of hydrogen-bond acceptors (Lipinski definition) is 5. The Kier molecular flexibility index (Phi) is 3.70. The summed E-state index contributed by atoms with van der Waals surface area (Å²) in [5, 5.41) is 0. The van der Waals surface area contributed by atoms with Gasteiger partial charge in [-0.1, -0.05) is 6.92 Å². The van der Waals surface area contributed by atoms with Crippen molar-refractivity contribution in [2.45, 2.75) is 19.9 Å². The second-order valence-electron chi connectivity index (χ2n) is 4.39. The first kappa shape index (κ1) is 13.1. The molecular formula is C11H17N3O3S. The van der Waals surface area contributed by atoms with Crippen molar-refractivity contribution < 1.29 is 8.42 Å². The SMILES string of the molecule is CCCn1ccnc(N2CCS(=O)(=O)CC2)c1=O. The molecule has 0 saturated carbocycles. The van der Waals surface area contributed by atoms with Crippen LogP contribution >= 0.6 is 0 Å². The van der Waals surface area contributed by atoms with Gasteiger partial charge in [0.15, 0.2) is 15.7 Å². The largest absolute Gasteiger partial charge is 0.350 e. The maximum atomic E-state index is 12.1. The van der Waals surface area contributed by atoms with Gasteiger partial charge < -0.3 is 9.47 Å². The smallest absolute Gasteiger partial charge is 0.293 e. The van der Waals surface area contributed by atoms with Crippen molar-refractivity contribution in [3.8, 4) is 0 Å². The lowest BCUT2D eigenvalue weighted by Crippen LogP contribution is -2.43.